The van der Waals surface area contributed by atoms with Crippen LogP contribution in [-0.4, -0.2) is 41.4 Å². The number of ether oxygens (including phenoxy) is 1. The van der Waals surface area contributed by atoms with Gasteiger partial charge in [-0.1, -0.05) is 55.0 Å². The molecular formula is C30H31NO3. The van der Waals surface area contributed by atoms with E-state index in [-0.39, 0.29) is 11.5 Å². The topological polar surface area (TPSA) is 52.9 Å². The first-order chi connectivity index (χ1) is 16.7. The van der Waals surface area contributed by atoms with Crippen molar-refractivity contribution < 1.29 is 14.9 Å². The zero-order valence-corrected chi connectivity index (χ0v) is 19.4. The molecule has 1 fully saturated rings. The zero-order chi connectivity index (χ0) is 23.3. The Morgan fingerprint density at radius 2 is 1.56 bits per heavy atom. The summed E-state index contributed by atoms with van der Waals surface area (Å²) in [5.74, 6) is 1.41. The van der Waals surface area contributed by atoms with E-state index in [0.717, 1.165) is 39.8 Å². The van der Waals surface area contributed by atoms with Crippen LogP contribution in [-0.2, 0) is 6.42 Å². The van der Waals surface area contributed by atoms with Gasteiger partial charge in [-0.3, -0.25) is 4.90 Å². The van der Waals surface area contributed by atoms with Crippen molar-refractivity contribution in [1.82, 2.24) is 4.90 Å². The molecule has 1 saturated heterocycles. The molecule has 174 valence electrons. The summed E-state index contributed by atoms with van der Waals surface area (Å²) < 4.78 is 6.00. The number of para-hydroxylation sites is 1. The van der Waals surface area contributed by atoms with E-state index >= 15 is 0 Å². The van der Waals surface area contributed by atoms with E-state index in [1.807, 2.05) is 48.5 Å². The van der Waals surface area contributed by atoms with E-state index < -0.39 is 0 Å². The van der Waals surface area contributed by atoms with Gasteiger partial charge in [0, 0.05) is 12.1 Å². The molecule has 4 aromatic carbocycles. The van der Waals surface area contributed by atoms with Gasteiger partial charge in [0.25, 0.3) is 0 Å². The van der Waals surface area contributed by atoms with Gasteiger partial charge in [0.2, 0.25) is 0 Å². The Morgan fingerprint density at radius 1 is 0.765 bits per heavy atom. The molecule has 0 bridgehead atoms. The third kappa shape index (κ3) is 5.02. The van der Waals surface area contributed by atoms with Crippen molar-refractivity contribution in [2.45, 2.75) is 25.7 Å². The molecule has 0 amide bonds. The van der Waals surface area contributed by atoms with Crippen LogP contribution in [0.15, 0.2) is 78.9 Å². The van der Waals surface area contributed by atoms with Gasteiger partial charge in [-0.25, -0.2) is 0 Å². The number of hydrogen-bond donors (Lipinski definition) is 2. The third-order valence-electron chi connectivity index (χ3n) is 6.74. The van der Waals surface area contributed by atoms with Gasteiger partial charge in [-0.2, -0.15) is 0 Å². The summed E-state index contributed by atoms with van der Waals surface area (Å²) in [5, 5.41) is 22.5. The molecule has 0 aliphatic carbocycles. The zero-order valence-electron chi connectivity index (χ0n) is 19.4. The van der Waals surface area contributed by atoms with Crippen LogP contribution in [0.3, 0.4) is 0 Å². The molecule has 5 rings (SSSR count). The molecule has 1 aliphatic heterocycles. The number of nitrogens with zero attached hydrogens (tertiary/aromatic N) is 1. The average molecular weight is 454 g/mol. The Hall–Kier alpha value is -3.50. The van der Waals surface area contributed by atoms with Gasteiger partial charge in [-0.05, 0) is 90.1 Å². The molecule has 34 heavy (non-hydrogen) atoms. The molecule has 0 aromatic heterocycles. The Balaban J connectivity index is 1.38. The van der Waals surface area contributed by atoms with E-state index in [9.17, 15) is 10.2 Å². The van der Waals surface area contributed by atoms with Crippen LogP contribution in [0.4, 0.5) is 0 Å². The molecule has 0 unspecified atom stereocenters. The van der Waals surface area contributed by atoms with Crippen LogP contribution in [0.2, 0.25) is 0 Å². The number of rotatable bonds is 7. The maximum absolute atomic E-state index is 10.5. The fraction of sp³-hybridized carbons (Fsp3) is 0.267. The fourth-order valence-electron chi connectivity index (χ4n) is 4.91. The number of fused-ring (bicyclic) bond motifs is 1. The highest BCUT2D eigenvalue weighted by Crippen LogP contribution is 2.37. The standard InChI is InChI=1S/C30H31NO3/c32-24-11-15-26-23(21-24)10-14-27(28-6-2-3-7-30(28)33)29(26)20-22-8-12-25(13-9-22)34-19-18-31-16-4-1-5-17-31/h2-3,6-15,21,32-33H,1,4-5,16-20H2. The number of aromatic hydroxyl groups is 2. The van der Waals surface area contributed by atoms with Gasteiger partial charge in [0.1, 0.15) is 23.9 Å². The van der Waals surface area contributed by atoms with E-state index in [1.165, 1.54) is 37.9 Å². The first kappa shape index (κ1) is 22.3. The smallest absolute Gasteiger partial charge is 0.123 e. The SMILES string of the molecule is Oc1ccc2c(Cc3ccc(OCCN4CCCCC4)cc3)c(-c3ccccc3O)ccc2c1. The van der Waals surface area contributed by atoms with Gasteiger partial charge in [0.15, 0.2) is 0 Å². The number of benzene rings is 4. The second kappa shape index (κ2) is 10.2. The number of piperidine rings is 1. The highest BCUT2D eigenvalue weighted by Gasteiger charge is 2.14. The third-order valence-corrected chi connectivity index (χ3v) is 6.74. The number of phenols is 2. The minimum Gasteiger partial charge on any atom is -0.508 e. The Kier molecular flexibility index (Phi) is 6.68. The number of phenolic OH excluding ortho intramolecular Hbond substituents is 2. The maximum atomic E-state index is 10.5. The lowest BCUT2D eigenvalue weighted by Crippen LogP contribution is -2.33. The van der Waals surface area contributed by atoms with Crippen molar-refractivity contribution in [3.8, 4) is 28.4 Å². The molecule has 2 N–H and O–H groups in total. The van der Waals surface area contributed by atoms with Gasteiger partial charge in [0.05, 0.1) is 0 Å². The summed E-state index contributed by atoms with van der Waals surface area (Å²) in [6.45, 7) is 4.06. The van der Waals surface area contributed by atoms with Gasteiger partial charge in [-0.15, -0.1) is 0 Å². The van der Waals surface area contributed by atoms with Crippen molar-refractivity contribution in [3.63, 3.8) is 0 Å². The normalized spacial score (nSPS) is 14.4. The van der Waals surface area contributed by atoms with Crippen molar-refractivity contribution in [1.29, 1.82) is 0 Å². The fourth-order valence-corrected chi connectivity index (χ4v) is 4.91. The summed E-state index contributed by atoms with van der Waals surface area (Å²) in [5.41, 5.74) is 4.10. The number of likely N-dealkylation sites (tertiary alicyclic amines) is 1. The first-order valence-corrected chi connectivity index (χ1v) is 12.1. The lowest BCUT2D eigenvalue weighted by Gasteiger charge is -2.26. The van der Waals surface area contributed by atoms with Crippen molar-refractivity contribution in [2.75, 3.05) is 26.2 Å². The predicted octanol–water partition coefficient (Wildman–Crippen LogP) is 6.37. The summed E-state index contributed by atoms with van der Waals surface area (Å²) in [4.78, 5) is 2.48. The van der Waals surface area contributed by atoms with Crippen molar-refractivity contribution >= 4 is 10.8 Å². The number of hydrogen-bond acceptors (Lipinski definition) is 4. The molecule has 0 radical (unpaired) electrons. The summed E-state index contributed by atoms with van der Waals surface area (Å²) in [6, 6.07) is 25.3. The van der Waals surface area contributed by atoms with E-state index in [2.05, 4.69) is 17.0 Å². The van der Waals surface area contributed by atoms with Crippen LogP contribution >= 0.6 is 0 Å². The monoisotopic (exact) mass is 453 g/mol. The molecule has 4 nitrogen and oxygen atoms in total. The molecule has 4 aromatic rings. The minimum atomic E-state index is 0.250. The van der Waals surface area contributed by atoms with Crippen LogP contribution in [0.1, 0.15) is 30.4 Å². The Morgan fingerprint density at radius 3 is 2.35 bits per heavy atom. The van der Waals surface area contributed by atoms with Crippen molar-refractivity contribution in [2.24, 2.45) is 0 Å². The Bertz CT molecular complexity index is 1260. The average Bonchev–Trinajstić information content (AvgIpc) is 2.86. The van der Waals surface area contributed by atoms with Gasteiger partial charge < -0.3 is 14.9 Å². The second-order valence-corrected chi connectivity index (χ2v) is 9.09. The predicted molar refractivity (Wildman–Crippen MR) is 138 cm³/mol. The van der Waals surface area contributed by atoms with Crippen LogP contribution in [0.5, 0.6) is 17.2 Å². The van der Waals surface area contributed by atoms with Gasteiger partial charge >= 0.3 is 0 Å². The lowest BCUT2D eigenvalue weighted by molar-refractivity contribution is 0.183. The van der Waals surface area contributed by atoms with Crippen LogP contribution in [0.25, 0.3) is 21.9 Å². The lowest BCUT2D eigenvalue weighted by atomic mass is 9.90. The Labute approximate surface area is 201 Å². The quantitative estimate of drug-likeness (QED) is 0.341. The van der Waals surface area contributed by atoms with E-state index in [0.29, 0.717) is 13.0 Å². The highest BCUT2D eigenvalue weighted by molar-refractivity contribution is 5.93. The molecule has 0 saturated carbocycles. The van der Waals surface area contributed by atoms with Crippen LogP contribution in [0, 0.1) is 0 Å². The second-order valence-electron chi connectivity index (χ2n) is 9.09. The largest absolute Gasteiger partial charge is 0.508 e. The summed E-state index contributed by atoms with van der Waals surface area (Å²) >= 11 is 0. The highest BCUT2D eigenvalue weighted by atomic mass is 16.5. The maximum Gasteiger partial charge on any atom is 0.123 e. The summed E-state index contributed by atoms with van der Waals surface area (Å²) in [7, 11) is 0. The first-order valence-electron chi connectivity index (χ1n) is 12.1. The minimum absolute atomic E-state index is 0.250. The summed E-state index contributed by atoms with van der Waals surface area (Å²) in [6.07, 6.45) is 4.65. The molecule has 1 heterocycles. The van der Waals surface area contributed by atoms with E-state index in [1.54, 1.807) is 18.2 Å². The molecule has 4 heteroatoms. The molecular weight excluding hydrogens is 422 g/mol. The molecule has 0 spiro atoms. The van der Waals surface area contributed by atoms with Crippen LogP contribution < -0.4 is 4.74 Å². The van der Waals surface area contributed by atoms with E-state index in [4.69, 9.17) is 4.74 Å². The van der Waals surface area contributed by atoms with Crippen molar-refractivity contribution in [3.05, 3.63) is 90.0 Å². The molecule has 1 aliphatic rings. The molecule has 0 atom stereocenters.